The van der Waals surface area contributed by atoms with E-state index in [2.05, 4.69) is 24.0 Å². The summed E-state index contributed by atoms with van der Waals surface area (Å²) in [6, 6.07) is 0. The van der Waals surface area contributed by atoms with Gasteiger partial charge in [0.15, 0.2) is 0 Å². The Bertz CT molecular complexity index is 231. The summed E-state index contributed by atoms with van der Waals surface area (Å²) < 4.78 is 4.52. The first-order valence-corrected chi connectivity index (χ1v) is 9.48. The van der Waals surface area contributed by atoms with Gasteiger partial charge in [-0.2, -0.15) is 0 Å². The molecule has 0 amide bonds. The number of hydrogen-bond donors (Lipinski definition) is 1. The topological polar surface area (TPSA) is 26.3 Å². The Morgan fingerprint density at radius 3 is 1.62 bits per heavy atom. The highest BCUT2D eigenvalue weighted by atomic mass is 32.1. The van der Waals surface area contributed by atoms with E-state index in [1.165, 1.54) is 70.6 Å². The van der Waals surface area contributed by atoms with Gasteiger partial charge < -0.3 is 4.18 Å². The van der Waals surface area contributed by atoms with Crippen molar-refractivity contribution in [2.45, 2.75) is 104 Å². The predicted octanol–water partition coefficient (Wildman–Crippen LogP) is 6.49. The van der Waals surface area contributed by atoms with Gasteiger partial charge in [-0.1, -0.05) is 90.9 Å². The molecule has 0 aromatic carbocycles. The molecule has 0 heterocycles. The molecule has 0 aliphatic heterocycles. The van der Waals surface area contributed by atoms with Crippen molar-refractivity contribution in [2.24, 2.45) is 5.92 Å². The van der Waals surface area contributed by atoms with Crippen LogP contribution in [0.5, 0.6) is 0 Å². The minimum atomic E-state index is -0.163. The first-order chi connectivity index (χ1) is 10.3. The molecular formula is C18H36O2S. The summed E-state index contributed by atoms with van der Waals surface area (Å²) in [5.74, 6) is -0.116. The van der Waals surface area contributed by atoms with Crippen LogP contribution in [-0.2, 0) is 8.98 Å². The first-order valence-electron chi connectivity index (χ1n) is 9.11. The molecule has 0 aliphatic carbocycles. The second kappa shape index (κ2) is 16.2. The van der Waals surface area contributed by atoms with E-state index in [1.54, 1.807) is 0 Å². The SMILES string of the molecule is CCCCCCCCCCCCCCC(CC)C(=O)OS. The Morgan fingerprint density at radius 2 is 1.24 bits per heavy atom. The zero-order valence-corrected chi connectivity index (χ0v) is 15.1. The van der Waals surface area contributed by atoms with E-state index >= 15 is 0 Å². The smallest absolute Gasteiger partial charge is 0.320 e. The van der Waals surface area contributed by atoms with Crippen LogP contribution in [0.1, 0.15) is 104 Å². The number of thiol groups is 1. The minimum absolute atomic E-state index is 0.0469. The molecule has 0 rings (SSSR count). The maximum atomic E-state index is 11.4. The molecule has 0 radical (unpaired) electrons. The third kappa shape index (κ3) is 13.2. The van der Waals surface area contributed by atoms with Crippen LogP contribution in [-0.4, -0.2) is 5.97 Å². The molecule has 0 bridgehead atoms. The quantitative estimate of drug-likeness (QED) is 0.212. The number of carbonyl (C=O) groups excluding carboxylic acids is 1. The summed E-state index contributed by atoms with van der Waals surface area (Å²) in [5, 5.41) is 0. The summed E-state index contributed by atoms with van der Waals surface area (Å²) >= 11 is 3.60. The van der Waals surface area contributed by atoms with Gasteiger partial charge in [0.2, 0.25) is 0 Å². The third-order valence-electron chi connectivity index (χ3n) is 4.32. The van der Waals surface area contributed by atoms with Crippen LogP contribution in [0, 0.1) is 5.92 Å². The summed E-state index contributed by atoms with van der Waals surface area (Å²) in [5.41, 5.74) is 0. The summed E-state index contributed by atoms with van der Waals surface area (Å²) in [4.78, 5) is 11.4. The Labute approximate surface area is 138 Å². The molecule has 0 aromatic heterocycles. The van der Waals surface area contributed by atoms with Gasteiger partial charge in [0, 0.05) is 12.9 Å². The fourth-order valence-corrected chi connectivity index (χ4v) is 2.94. The predicted molar refractivity (Wildman–Crippen MR) is 94.6 cm³/mol. The van der Waals surface area contributed by atoms with Crippen molar-refractivity contribution in [1.82, 2.24) is 0 Å². The van der Waals surface area contributed by atoms with E-state index in [-0.39, 0.29) is 11.9 Å². The zero-order valence-electron chi connectivity index (χ0n) is 14.2. The van der Waals surface area contributed by atoms with E-state index < -0.39 is 0 Å². The highest BCUT2D eigenvalue weighted by Crippen LogP contribution is 2.17. The lowest BCUT2D eigenvalue weighted by Gasteiger charge is -2.10. The lowest BCUT2D eigenvalue weighted by atomic mass is 9.98. The van der Waals surface area contributed by atoms with Gasteiger partial charge in [0.1, 0.15) is 0 Å². The van der Waals surface area contributed by atoms with Crippen molar-refractivity contribution < 1.29 is 8.98 Å². The van der Waals surface area contributed by atoms with Gasteiger partial charge in [-0.25, -0.2) is 0 Å². The van der Waals surface area contributed by atoms with Crippen LogP contribution in [0.4, 0.5) is 0 Å². The first kappa shape index (κ1) is 20.8. The Kier molecular flexibility index (Phi) is 16.1. The average Bonchev–Trinajstić information content (AvgIpc) is 2.51. The lowest BCUT2D eigenvalue weighted by Crippen LogP contribution is -2.13. The Morgan fingerprint density at radius 1 is 0.810 bits per heavy atom. The van der Waals surface area contributed by atoms with E-state index in [1.807, 2.05) is 6.92 Å². The van der Waals surface area contributed by atoms with E-state index in [0.717, 1.165) is 19.3 Å². The van der Waals surface area contributed by atoms with Gasteiger partial charge in [0.25, 0.3) is 0 Å². The number of unbranched alkanes of at least 4 members (excludes halogenated alkanes) is 11. The number of hydrogen-bond acceptors (Lipinski definition) is 3. The molecule has 0 spiro atoms. The molecule has 126 valence electrons. The summed E-state index contributed by atoms with van der Waals surface area (Å²) in [6.07, 6.45) is 18.0. The van der Waals surface area contributed by atoms with Gasteiger partial charge in [-0.15, -0.1) is 0 Å². The third-order valence-corrected chi connectivity index (χ3v) is 4.50. The van der Waals surface area contributed by atoms with Crippen LogP contribution in [0.25, 0.3) is 0 Å². The monoisotopic (exact) mass is 316 g/mol. The fourth-order valence-electron chi connectivity index (χ4n) is 2.79. The molecule has 2 nitrogen and oxygen atoms in total. The van der Waals surface area contributed by atoms with Crippen molar-refractivity contribution in [3.8, 4) is 0 Å². The maximum absolute atomic E-state index is 11.4. The van der Waals surface area contributed by atoms with Crippen molar-refractivity contribution in [1.29, 1.82) is 0 Å². The van der Waals surface area contributed by atoms with Gasteiger partial charge >= 0.3 is 5.97 Å². The molecule has 0 aromatic rings. The van der Waals surface area contributed by atoms with Crippen molar-refractivity contribution in [2.75, 3.05) is 0 Å². The number of carbonyl (C=O) groups is 1. The summed E-state index contributed by atoms with van der Waals surface area (Å²) in [7, 11) is 0. The second-order valence-corrected chi connectivity index (χ2v) is 6.38. The van der Waals surface area contributed by atoms with E-state index in [0.29, 0.717) is 0 Å². The van der Waals surface area contributed by atoms with Crippen molar-refractivity contribution >= 4 is 18.9 Å². The van der Waals surface area contributed by atoms with Gasteiger partial charge in [-0.3, -0.25) is 4.79 Å². The zero-order chi connectivity index (χ0) is 15.8. The largest absolute Gasteiger partial charge is 0.394 e. The van der Waals surface area contributed by atoms with Crippen LogP contribution in [0.15, 0.2) is 0 Å². The summed E-state index contributed by atoms with van der Waals surface area (Å²) in [6.45, 7) is 4.31. The van der Waals surface area contributed by atoms with Crippen molar-refractivity contribution in [3.63, 3.8) is 0 Å². The van der Waals surface area contributed by atoms with Crippen LogP contribution in [0.3, 0.4) is 0 Å². The molecule has 1 atom stereocenters. The molecule has 0 saturated carbocycles. The molecule has 0 aliphatic rings. The van der Waals surface area contributed by atoms with Gasteiger partial charge in [0.05, 0.1) is 5.92 Å². The average molecular weight is 317 g/mol. The standard InChI is InChI=1S/C18H36O2S/c1-3-5-6-7-8-9-10-11-12-13-14-15-16-17(4-2)18(19)20-21/h17,21H,3-16H2,1-2H3. The second-order valence-electron chi connectivity index (χ2n) is 6.19. The van der Waals surface area contributed by atoms with Crippen molar-refractivity contribution in [3.05, 3.63) is 0 Å². The van der Waals surface area contributed by atoms with Gasteiger partial charge in [-0.05, 0) is 12.8 Å². The number of rotatable bonds is 15. The molecule has 0 saturated heterocycles. The lowest BCUT2D eigenvalue weighted by molar-refractivity contribution is -0.137. The molecule has 0 N–H and O–H groups in total. The molecule has 21 heavy (non-hydrogen) atoms. The fraction of sp³-hybridized carbons (Fsp3) is 0.944. The normalized spacial score (nSPS) is 12.3. The Balaban J connectivity index is 3.23. The molecule has 3 heteroatoms. The van der Waals surface area contributed by atoms with Crippen LogP contribution >= 0.6 is 12.9 Å². The maximum Gasteiger partial charge on any atom is 0.320 e. The highest BCUT2D eigenvalue weighted by molar-refractivity contribution is 7.75. The molecule has 0 fully saturated rings. The van der Waals surface area contributed by atoms with E-state index in [4.69, 9.17) is 0 Å². The molecular weight excluding hydrogens is 280 g/mol. The highest BCUT2D eigenvalue weighted by Gasteiger charge is 2.16. The van der Waals surface area contributed by atoms with Crippen LogP contribution < -0.4 is 0 Å². The Hall–Kier alpha value is -0.180. The minimum Gasteiger partial charge on any atom is -0.394 e. The van der Waals surface area contributed by atoms with Crippen LogP contribution in [0.2, 0.25) is 0 Å². The molecule has 1 unspecified atom stereocenters. The van der Waals surface area contributed by atoms with E-state index in [9.17, 15) is 4.79 Å².